The molecule has 0 aliphatic carbocycles. The van der Waals surface area contributed by atoms with E-state index < -0.39 is 16.1 Å². The number of sulfonamides is 1. The monoisotopic (exact) mass is 436 g/mol. The number of benzene rings is 1. The van der Waals surface area contributed by atoms with E-state index >= 15 is 0 Å². The van der Waals surface area contributed by atoms with Crippen LogP contribution in [0.25, 0.3) is 0 Å². The lowest BCUT2D eigenvalue weighted by Crippen LogP contribution is -2.49. The van der Waals surface area contributed by atoms with Crippen molar-refractivity contribution in [3.05, 3.63) is 34.8 Å². The Labute approximate surface area is 176 Å². The van der Waals surface area contributed by atoms with Crippen molar-refractivity contribution in [2.24, 2.45) is 0 Å². The zero-order valence-corrected chi connectivity index (χ0v) is 18.7. The number of carbonyl (C=O) groups excluding carboxylic acids is 1. The predicted molar refractivity (Wildman–Crippen MR) is 115 cm³/mol. The van der Waals surface area contributed by atoms with Crippen molar-refractivity contribution in [1.29, 1.82) is 0 Å². The molecule has 1 atom stereocenters. The van der Waals surface area contributed by atoms with Crippen molar-refractivity contribution in [3.8, 4) is 0 Å². The molecule has 29 heavy (non-hydrogen) atoms. The van der Waals surface area contributed by atoms with Gasteiger partial charge in [-0.1, -0.05) is 49.3 Å². The average molecular weight is 437 g/mol. The molecule has 2 heterocycles. The third-order valence-electron chi connectivity index (χ3n) is 5.39. The molecule has 2 aromatic rings. The molecular formula is C20H28N4O3S2. The molecule has 0 spiro atoms. The summed E-state index contributed by atoms with van der Waals surface area (Å²) in [5.41, 5.74) is 0.987. The molecule has 3 rings (SSSR count). The summed E-state index contributed by atoms with van der Waals surface area (Å²) in [6.07, 6.45) is 3.98. The summed E-state index contributed by atoms with van der Waals surface area (Å²) in [5, 5.41) is 12.4. The van der Waals surface area contributed by atoms with E-state index in [1.165, 1.54) is 15.6 Å². The number of rotatable bonds is 7. The lowest BCUT2D eigenvalue weighted by molar-refractivity contribution is -0.120. The van der Waals surface area contributed by atoms with E-state index in [1.54, 1.807) is 24.3 Å². The van der Waals surface area contributed by atoms with Crippen LogP contribution in [0.2, 0.25) is 0 Å². The second kappa shape index (κ2) is 9.32. The SMILES string of the molecule is CCC(CC)c1nnc(NC(=O)[C@@H]2CCCCN2S(=O)(=O)c2ccc(C)cc2)s1. The summed E-state index contributed by atoms with van der Waals surface area (Å²) in [7, 11) is -3.74. The maximum Gasteiger partial charge on any atom is 0.244 e. The summed E-state index contributed by atoms with van der Waals surface area (Å²) < 4.78 is 27.6. The summed E-state index contributed by atoms with van der Waals surface area (Å²) in [5.74, 6) is -0.0149. The minimum Gasteiger partial charge on any atom is -0.299 e. The molecule has 9 heteroatoms. The van der Waals surface area contributed by atoms with Crippen LogP contribution in [-0.2, 0) is 14.8 Å². The normalized spacial score (nSPS) is 18.1. The average Bonchev–Trinajstić information content (AvgIpc) is 3.17. The number of aromatic nitrogens is 2. The van der Waals surface area contributed by atoms with Crippen LogP contribution in [0.3, 0.4) is 0 Å². The Morgan fingerprint density at radius 2 is 1.90 bits per heavy atom. The van der Waals surface area contributed by atoms with Gasteiger partial charge in [-0.3, -0.25) is 10.1 Å². The van der Waals surface area contributed by atoms with Crippen LogP contribution < -0.4 is 5.32 Å². The zero-order chi connectivity index (χ0) is 21.0. The number of nitrogens with zero attached hydrogens (tertiary/aromatic N) is 3. The highest BCUT2D eigenvalue weighted by Gasteiger charge is 2.38. The first-order valence-electron chi connectivity index (χ1n) is 10.1. The van der Waals surface area contributed by atoms with E-state index in [-0.39, 0.29) is 10.8 Å². The van der Waals surface area contributed by atoms with E-state index in [9.17, 15) is 13.2 Å². The number of anilines is 1. The van der Waals surface area contributed by atoms with Crippen molar-refractivity contribution >= 4 is 32.4 Å². The molecule has 0 radical (unpaired) electrons. The maximum atomic E-state index is 13.2. The van der Waals surface area contributed by atoms with Gasteiger partial charge in [0, 0.05) is 12.5 Å². The van der Waals surface area contributed by atoms with Crippen LogP contribution in [0, 0.1) is 6.92 Å². The van der Waals surface area contributed by atoms with Gasteiger partial charge in [0.25, 0.3) is 0 Å². The van der Waals surface area contributed by atoms with Gasteiger partial charge in [-0.05, 0) is 44.7 Å². The molecule has 1 aliphatic heterocycles. The van der Waals surface area contributed by atoms with Crippen LogP contribution in [0.1, 0.15) is 62.4 Å². The van der Waals surface area contributed by atoms with E-state index in [0.717, 1.165) is 36.3 Å². The van der Waals surface area contributed by atoms with Gasteiger partial charge in [-0.15, -0.1) is 10.2 Å². The van der Waals surface area contributed by atoms with Crippen molar-refractivity contribution in [2.75, 3.05) is 11.9 Å². The first-order valence-corrected chi connectivity index (χ1v) is 12.3. The Kier molecular flexibility index (Phi) is 7.02. The highest BCUT2D eigenvalue weighted by molar-refractivity contribution is 7.89. The fourth-order valence-electron chi connectivity index (χ4n) is 3.58. The van der Waals surface area contributed by atoms with Crippen LogP contribution in [-0.4, -0.2) is 41.4 Å². The molecule has 1 saturated heterocycles. The third kappa shape index (κ3) is 4.84. The van der Waals surface area contributed by atoms with Gasteiger partial charge in [0.05, 0.1) is 4.90 Å². The molecule has 0 unspecified atom stereocenters. The summed E-state index contributed by atoms with van der Waals surface area (Å²) >= 11 is 1.37. The quantitative estimate of drug-likeness (QED) is 0.710. The number of carbonyl (C=O) groups is 1. The first-order chi connectivity index (χ1) is 13.9. The Morgan fingerprint density at radius 1 is 1.21 bits per heavy atom. The van der Waals surface area contributed by atoms with Gasteiger partial charge in [0.1, 0.15) is 11.0 Å². The lowest BCUT2D eigenvalue weighted by Gasteiger charge is -2.33. The molecule has 1 aromatic heterocycles. The Balaban J connectivity index is 1.79. The van der Waals surface area contributed by atoms with Gasteiger partial charge in [-0.25, -0.2) is 8.42 Å². The Hall–Kier alpha value is -1.84. The summed E-state index contributed by atoms with van der Waals surface area (Å²) in [6.45, 7) is 6.45. The standard InChI is InChI=1S/C20H28N4O3S2/c1-4-15(5-2)19-22-23-20(28-19)21-18(25)17-8-6-7-13-24(17)29(26,27)16-11-9-14(3)10-12-16/h9-12,15,17H,4-8,13H2,1-3H3,(H,21,23,25)/t17-/m0/s1. The summed E-state index contributed by atoms with van der Waals surface area (Å²) in [6, 6.07) is 6.00. The number of nitrogens with one attached hydrogen (secondary N) is 1. The molecule has 7 nitrogen and oxygen atoms in total. The second-order valence-corrected chi connectivity index (χ2v) is 10.3. The van der Waals surface area contributed by atoms with Crippen LogP contribution in [0.15, 0.2) is 29.2 Å². The smallest absolute Gasteiger partial charge is 0.244 e. The lowest BCUT2D eigenvalue weighted by atomic mass is 10.0. The number of hydrogen-bond donors (Lipinski definition) is 1. The van der Waals surface area contributed by atoms with Crippen LogP contribution >= 0.6 is 11.3 Å². The van der Waals surface area contributed by atoms with E-state index in [2.05, 4.69) is 29.4 Å². The summed E-state index contributed by atoms with van der Waals surface area (Å²) in [4.78, 5) is 13.2. The first kappa shape index (κ1) is 21.9. The minimum atomic E-state index is -3.74. The van der Waals surface area contributed by atoms with Gasteiger partial charge in [0.15, 0.2) is 0 Å². The number of piperidine rings is 1. The maximum absolute atomic E-state index is 13.2. The molecular weight excluding hydrogens is 408 g/mol. The molecule has 158 valence electrons. The molecule has 1 aromatic carbocycles. The van der Waals surface area contributed by atoms with Gasteiger partial charge < -0.3 is 0 Å². The molecule has 0 saturated carbocycles. The fraction of sp³-hybridized carbons (Fsp3) is 0.550. The van der Waals surface area contributed by atoms with Crippen molar-refractivity contribution < 1.29 is 13.2 Å². The molecule has 0 bridgehead atoms. The minimum absolute atomic E-state index is 0.217. The van der Waals surface area contributed by atoms with Crippen molar-refractivity contribution in [2.45, 2.75) is 69.7 Å². The molecule has 1 amide bonds. The largest absolute Gasteiger partial charge is 0.299 e. The Morgan fingerprint density at radius 3 is 2.55 bits per heavy atom. The highest BCUT2D eigenvalue weighted by Crippen LogP contribution is 2.30. The number of aryl methyl sites for hydroxylation is 1. The number of amides is 1. The number of hydrogen-bond acceptors (Lipinski definition) is 6. The fourth-order valence-corrected chi connectivity index (χ4v) is 6.25. The Bertz CT molecular complexity index is 937. The van der Waals surface area contributed by atoms with Gasteiger partial charge in [0.2, 0.25) is 21.1 Å². The van der Waals surface area contributed by atoms with Crippen LogP contribution in [0.5, 0.6) is 0 Å². The third-order valence-corrected chi connectivity index (χ3v) is 8.31. The van der Waals surface area contributed by atoms with Gasteiger partial charge in [-0.2, -0.15) is 4.31 Å². The second-order valence-electron chi connectivity index (χ2n) is 7.39. The van der Waals surface area contributed by atoms with E-state index in [1.807, 2.05) is 6.92 Å². The van der Waals surface area contributed by atoms with E-state index in [0.29, 0.717) is 24.0 Å². The molecule has 1 aliphatic rings. The zero-order valence-electron chi connectivity index (χ0n) is 17.1. The van der Waals surface area contributed by atoms with Crippen molar-refractivity contribution in [1.82, 2.24) is 14.5 Å². The van der Waals surface area contributed by atoms with Crippen molar-refractivity contribution in [3.63, 3.8) is 0 Å². The molecule has 1 N–H and O–H groups in total. The molecule has 1 fully saturated rings. The van der Waals surface area contributed by atoms with E-state index in [4.69, 9.17) is 0 Å². The van der Waals surface area contributed by atoms with Gasteiger partial charge >= 0.3 is 0 Å². The van der Waals surface area contributed by atoms with Crippen LogP contribution in [0.4, 0.5) is 5.13 Å². The topological polar surface area (TPSA) is 92.3 Å². The predicted octanol–water partition coefficient (Wildman–Crippen LogP) is 3.93. The highest BCUT2D eigenvalue weighted by atomic mass is 32.2.